The Morgan fingerprint density at radius 1 is 1.15 bits per heavy atom. The van der Waals surface area contributed by atoms with Crippen LogP contribution in [0.3, 0.4) is 0 Å². The number of amides is 3. The van der Waals surface area contributed by atoms with E-state index in [-0.39, 0.29) is 12.5 Å². The van der Waals surface area contributed by atoms with E-state index in [2.05, 4.69) is 16.0 Å². The number of rotatable bonds is 6. The summed E-state index contributed by atoms with van der Waals surface area (Å²) in [5, 5.41) is 7.71. The number of Topliss-reactive ketones (excluding diaryl/α,β-unsaturated/α-hetero) is 1. The summed E-state index contributed by atoms with van der Waals surface area (Å²) in [6, 6.07) is 7.60. The second-order valence-electron chi connectivity index (χ2n) is 6.84. The highest BCUT2D eigenvalue weighted by molar-refractivity contribution is 6.38. The van der Waals surface area contributed by atoms with Gasteiger partial charge < -0.3 is 20.7 Å². The maximum atomic E-state index is 12.6. The van der Waals surface area contributed by atoms with Gasteiger partial charge in [-0.2, -0.15) is 0 Å². The quantitative estimate of drug-likeness (QED) is 0.634. The van der Waals surface area contributed by atoms with E-state index in [0.29, 0.717) is 19.4 Å². The number of hydrogen-bond donors (Lipinski definition) is 3. The van der Waals surface area contributed by atoms with Crippen molar-refractivity contribution < 1.29 is 23.9 Å². The van der Waals surface area contributed by atoms with E-state index in [9.17, 15) is 19.2 Å². The molecule has 0 spiro atoms. The Labute approximate surface area is 157 Å². The minimum atomic E-state index is -0.858. The van der Waals surface area contributed by atoms with Crippen LogP contribution < -0.4 is 16.0 Å². The van der Waals surface area contributed by atoms with Crippen molar-refractivity contribution in [3.05, 3.63) is 35.9 Å². The zero-order chi connectivity index (χ0) is 19.2. The van der Waals surface area contributed by atoms with Crippen LogP contribution in [0.1, 0.15) is 31.2 Å². The van der Waals surface area contributed by atoms with Crippen LogP contribution in [0.25, 0.3) is 0 Å². The molecule has 2 aliphatic rings. The standard InChI is InChI=1S/C19H23N3O5/c23-16-14(7-4-10-20-18(16)25)21-17(24)15(13-8-9-13)22-19(26)27-11-12-5-2-1-3-6-12/h1-3,5-6,13-15H,4,7-11H2,(H,20,25)(H,21,24)(H,22,26). The van der Waals surface area contributed by atoms with E-state index in [1.807, 2.05) is 30.3 Å². The summed E-state index contributed by atoms with van der Waals surface area (Å²) < 4.78 is 5.17. The molecule has 144 valence electrons. The topological polar surface area (TPSA) is 114 Å². The highest BCUT2D eigenvalue weighted by Crippen LogP contribution is 2.33. The van der Waals surface area contributed by atoms with Gasteiger partial charge in [0.25, 0.3) is 5.91 Å². The van der Waals surface area contributed by atoms with Crippen molar-refractivity contribution in [2.45, 2.75) is 44.4 Å². The second-order valence-corrected chi connectivity index (χ2v) is 6.84. The maximum absolute atomic E-state index is 12.6. The first-order chi connectivity index (χ1) is 13.0. The van der Waals surface area contributed by atoms with E-state index in [0.717, 1.165) is 18.4 Å². The first kappa shape index (κ1) is 18.9. The fourth-order valence-electron chi connectivity index (χ4n) is 3.00. The third-order valence-electron chi connectivity index (χ3n) is 4.67. The van der Waals surface area contributed by atoms with Crippen molar-refractivity contribution in [1.29, 1.82) is 0 Å². The number of ether oxygens (including phenoxy) is 1. The van der Waals surface area contributed by atoms with Crippen LogP contribution in [-0.2, 0) is 25.7 Å². The summed E-state index contributed by atoms with van der Waals surface area (Å²) in [4.78, 5) is 48.3. The summed E-state index contributed by atoms with van der Waals surface area (Å²) in [7, 11) is 0. The summed E-state index contributed by atoms with van der Waals surface area (Å²) in [5.74, 6) is -1.77. The Hall–Kier alpha value is -2.90. The SMILES string of the molecule is O=C(NC(C(=O)NC1CCCNC(=O)C1=O)C1CC1)OCc1ccccc1. The maximum Gasteiger partial charge on any atom is 0.408 e. The van der Waals surface area contributed by atoms with Gasteiger partial charge in [0, 0.05) is 6.54 Å². The van der Waals surface area contributed by atoms with Gasteiger partial charge >= 0.3 is 6.09 Å². The Bertz CT molecular complexity index is 717. The van der Waals surface area contributed by atoms with E-state index >= 15 is 0 Å². The van der Waals surface area contributed by atoms with Gasteiger partial charge in [0.2, 0.25) is 11.7 Å². The summed E-state index contributed by atoms with van der Waals surface area (Å²) in [6.45, 7) is 0.514. The largest absolute Gasteiger partial charge is 0.445 e. The number of carbonyl (C=O) groups excluding carboxylic acids is 4. The van der Waals surface area contributed by atoms with Crippen LogP contribution in [-0.4, -0.2) is 42.3 Å². The molecule has 3 rings (SSSR count). The Balaban J connectivity index is 1.54. The van der Waals surface area contributed by atoms with E-state index in [1.54, 1.807) is 0 Å². The number of nitrogens with one attached hydrogen (secondary N) is 3. The monoisotopic (exact) mass is 373 g/mol. The molecule has 1 aliphatic carbocycles. The zero-order valence-corrected chi connectivity index (χ0v) is 14.9. The molecule has 1 heterocycles. The van der Waals surface area contributed by atoms with Gasteiger partial charge in [0.05, 0.1) is 6.04 Å². The van der Waals surface area contributed by atoms with Crippen molar-refractivity contribution in [3.63, 3.8) is 0 Å². The minimum Gasteiger partial charge on any atom is -0.445 e. The average Bonchev–Trinajstić information content (AvgIpc) is 3.52. The zero-order valence-electron chi connectivity index (χ0n) is 14.9. The molecular weight excluding hydrogens is 350 g/mol. The fourth-order valence-corrected chi connectivity index (χ4v) is 3.00. The highest BCUT2D eigenvalue weighted by Gasteiger charge is 2.39. The average molecular weight is 373 g/mol. The molecule has 2 unspecified atom stereocenters. The highest BCUT2D eigenvalue weighted by atomic mass is 16.5. The van der Waals surface area contributed by atoms with Gasteiger partial charge in [0.15, 0.2) is 0 Å². The van der Waals surface area contributed by atoms with E-state index < -0.39 is 35.8 Å². The molecular formula is C19H23N3O5. The van der Waals surface area contributed by atoms with Crippen LogP contribution in [0.5, 0.6) is 0 Å². The summed E-state index contributed by atoms with van der Waals surface area (Å²) in [6.07, 6.45) is 1.94. The number of hydrogen-bond acceptors (Lipinski definition) is 5. The van der Waals surface area contributed by atoms with Crippen LogP contribution in [0.15, 0.2) is 30.3 Å². The van der Waals surface area contributed by atoms with E-state index in [4.69, 9.17) is 4.74 Å². The Morgan fingerprint density at radius 3 is 2.59 bits per heavy atom. The molecule has 1 aliphatic heterocycles. The molecule has 27 heavy (non-hydrogen) atoms. The Morgan fingerprint density at radius 2 is 1.89 bits per heavy atom. The van der Waals surface area contributed by atoms with Crippen LogP contribution in [0.4, 0.5) is 4.79 Å². The molecule has 2 fully saturated rings. The normalized spacial score (nSPS) is 20.8. The lowest BCUT2D eigenvalue weighted by Gasteiger charge is -2.21. The van der Waals surface area contributed by atoms with Gasteiger partial charge in [-0.3, -0.25) is 14.4 Å². The predicted molar refractivity (Wildman–Crippen MR) is 95.5 cm³/mol. The number of carbonyl (C=O) groups is 4. The third kappa shape index (κ3) is 5.29. The predicted octanol–water partition coefficient (Wildman–Crippen LogP) is 0.655. The van der Waals surface area contributed by atoms with Gasteiger partial charge in [-0.05, 0) is 37.2 Å². The molecule has 1 aromatic carbocycles. The van der Waals surface area contributed by atoms with Crippen molar-refractivity contribution >= 4 is 23.7 Å². The Kier molecular flexibility index (Phi) is 6.05. The first-order valence-corrected chi connectivity index (χ1v) is 9.14. The minimum absolute atomic E-state index is 0.0176. The number of benzene rings is 1. The lowest BCUT2D eigenvalue weighted by molar-refractivity contribution is -0.139. The number of alkyl carbamates (subject to hydrolysis) is 1. The van der Waals surface area contributed by atoms with Gasteiger partial charge in [-0.25, -0.2) is 4.79 Å². The second kappa shape index (κ2) is 8.66. The first-order valence-electron chi connectivity index (χ1n) is 9.14. The fraction of sp³-hybridized carbons (Fsp3) is 0.474. The lowest BCUT2D eigenvalue weighted by atomic mass is 10.1. The molecule has 0 bridgehead atoms. The number of ketones is 1. The van der Waals surface area contributed by atoms with Crippen LogP contribution in [0, 0.1) is 5.92 Å². The van der Waals surface area contributed by atoms with Crippen molar-refractivity contribution in [2.24, 2.45) is 5.92 Å². The molecule has 3 amide bonds. The lowest BCUT2D eigenvalue weighted by Crippen LogP contribution is -2.53. The molecule has 1 saturated carbocycles. The molecule has 1 saturated heterocycles. The summed E-state index contributed by atoms with van der Waals surface area (Å²) >= 11 is 0. The molecule has 2 atom stereocenters. The molecule has 1 aromatic rings. The van der Waals surface area contributed by atoms with Crippen molar-refractivity contribution in [3.8, 4) is 0 Å². The van der Waals surface area contributed by atoms with Crippen molar-refractivity contribution in [2.75, 3.05) is 6.54 Å². The molecule has 0 radical (unpaired) electrons. The van der Waals surface area contributed by atoms with Gasteiger partial charge in [-0.1, -0.05) is 30.3 Å². The van der Waals surface area contributed by atoms with Crippen molar-refractivity contribution in [1.82, 2.24) is 16.0 Å². The molecule has 8 heteroatoms. The van der Waals surface area contributed by atoms with Crippen LogP contribution in [0.2, 0.25) is 0 Å². The van der Waals surface area contributed by atoms with Gasteiger partial charge in [0.1, 0.15) is 12.6 Å². The van der Waals surface area contributed by atoms with Crippen LogP contribution >= 0.6 is 0 Å². The smallest absolute Gasteiger partial charge is 0.408 e. The molecule has 0 aromatic heterocycles. The third-order valence-corrected chi connectivity index (χ3v) is 4.67. The summed E-state index contributed by atoms with van der Waals surface area (Å²) in [5.41, 5.74) is 0.843. The molecule has 3 N–H and O–H groups in total. The van der Waals surface area contributed by atoms with Gasteiger partial charge in [-0.15, -0.1) is 0 Å². The van der Waals surface area contributed by atoms with E-state index in [1.165, 1.54) is 0 Å². The molecule has 8 nitrogen and oxygen atoms in total.